The number of amides is 1. The molecule has 0 saturated carbocycles. The van der Waals surface area contributed by atoms with Crippen molar-refractivity contribution < 1.29 is 14.3 Å². The van der Waals surface area contributed by atoms with E-state index in [2.05, 4.69) is 17.3 Å². The highest BCUT2D eigenvalue weighted by Gasteiger charge is 2.37. The second kappa shape index (κ2) is 6.14. The molecule has 2 fully saturated rings. The molecule has 2 aliphatic rings. The Morgan fingerprint density at radius 2 is 2.05 bits per heavy atom. The molecule has 3 rings (SSSR count). The maximum atomic E-state index is 12.4. The monoisotopic (exact) mass is 305 g/mol. The van der Waals surface area contributed by atoms with Crippen LogP contribution in [0, 0.1) is 0 Å². The van der Waals surface area contributed by atoms with Crippen LogP contribution in [0.5, 0.6) is 5.75 Å². The zero-order valence-corrected chi connectivity index (χ0v) is 13.0. The van der Waals surface area contributed by atoms with Crippen LogP contribution in [-0.4, -0.2) is 56.3 Å². The van der Waals surface area contributed by atoms with E-state index in [1.54, 1.807) is 25.3 Å². The van der Waals surface area contributed by atoms with Crippen molar-refractivity contribution in [3.05, 3.63) is 23.8 Å². The van der Waals surface area contributed by atoms with Gasteiger partial charge in [0.15, 0.2) is 0 Å². The molecule has 6 heteroatoms. The number of methoxy groups -OCH3 is 1. The third-order valence-corrected chi connectivity index (χ3v) is 4.72. The summed E-state index contributed by atoms with van der Waals surface area (Å²) in [5, 5.41) is 3.14. The normalized spacial score (nSPS) is 28.2. The zero-order valence-electron chi connectivity index (χ0n) is 13.0. The number of carbonyl (C=O) groups excluding carboxylic acids is 1. The van der Waals surface area contributed by atoms with Gasteiger partial charge in [0.25, 0.3) is 5.91 Å². The molecule has 0 spiro atoms. The summed E-state index contributed by atoms with van der Waals surface area (Å²) in [6.07, 6.45) is 1.84. The van der Waals surface area contributed by atoms with Gasteiger partial charge >= 0.3 is 0 Å². The van der Waals surface area contributed by atoms with E-state index in [4.69, 9.17) is 15.2 Å². The molecular weight excluding hydrogens is 282 g/mol. The summed E-state index contributed by atoms with van der Waals surface area (Å²) in [5.74, 6) is 0.452. The fraction of sp³-hybridized carbons (Fsp3) is 0.562. The van der Waals surface area contributed by atoms with Crippen molar-refractivity contribution in [3.8, 4) is 5.75 Å². The number of fused-ring (bicyclic) bond motifs is 2. The maximum absolute atomic E-state index is 12.4. The standard InChI is InChI=1S/C16H23N3O3/c1-19-12-6-11(7-13(19)9-22-8-12)18-16(20)10-3-4-14(17)15(5-10)21-2/h3-5,11-13H,6-9,17H2,1-2H3,(H,18,20)/t11?,12-,13+. The van der Waals surface area contributed by atoms with E-state index in [1.165, 1.54) is 0 Å². The molecule has 0 aromatic heterocycles. The largest absolute Gasteiger partial charge is 0.495 e. The first-order valence-corrected chi connectivity index (χ1v) is 7.62. The Morgan fingerprint density at radius 3 is 2.68 bits per heavy atom. The molecule has 0 aliphatic carbocycles. The van der Waals surface area contributed by atoms with Gasteiger partial charge in [0.05, 0.1) is 26.0 Å². The highest BCUT2D eigenvalue weighted by Crippen LogP contribution is 2.27. The number of piperidine rings is 1. The minimum Gasteiger partial charge on any atom is -0.495 e. The average Bonchev–Trinajstić information content (AvgIpc) is 2.48. The lowest BCUT2D eigenvalue weighted by Crippen LogP contribution is -2.59. The van der Waals surface area contributed by atoms with Crippen LogP contribution in [0.15, 0.2) is 18.2 Å². The van der Waals surface area contributed by atoms with E-state index in [0.717, 1.165) is 26.1 Å². The van der Waals surface area contributed by atoms with Crippen LogP contribution >= 0.6 is 0 Å². The van der Waals surface area contributed by atoms with Gasteiger partial charge in [-0.15, -0.1) is 0 Å². The minimum atomic E-state index is -0.0770. The summed E-state index contributed by atoms with van der Waals surface area (Å²) >= 11 is 0. The van der Waals surface area contributed by atoms with Gasteiger partial charge in [0, 0.05) is 23.7 Å². The van der Waals surface area contributed by atoms with Gasteiger partial charge in [-0.1, -0.05) is 0 Å². The van der Waals surface area contributed by atoms with Crippen molar-refractivity contribution in [1.29, 1.82) is 0 Å². The Kier molecular flexibility index (Phi) is 4.22. The summed E-state index contributed by atoms with van der Waals surface area (Å²) in [4.78, 5) is 14.8. The van der Waals surface area contributed by atoms with Crippen LogP contribution < -0.4 is 15.8 Å². The molecular formula is C16H23N3O3. The number of nitrogens with zero attached hydrogens (tertiary/aromatic N) is 1. The minimum absolute atomic E-state index is 0.0770. The smallest absolute Gasteiger partial charge is 0.251 e. The van der Waals surface area contributed by atoms with Gasteiger partial charge < -0.3 is 20.5 Å². The number of nitrogens with two attached hydrogens (primary N) is 1. The molecule has 2 heterocycles. The van der Waals surface area contributed by atoms with Crippen molar-refractivity contribution in [2.24, 2.45) is 0 Å². The molecule has 1 aromatic carbocycles. The number of likely N-dealkylation sites (N-methyl/N-ethyl adjacent to an activating group) is 1. The Morgan fingerprint density at radius 1 is 1.36 bits per heavy atom. The Hall–Kier alpha value is -1.79. The van der Waals surface area contributed by atoms with E-state index >= 15 is 0 Å². The number of carbonyl (C=O) groups is 1. The van der Waals surface area contributed by atoms with Crippen molar-refractivity contribution >= 4 is 11.6 Å². The van der Waals surface area contributed by atoms with Crippen LogP contribution in [0.2, 0.25) is 0 Å². The second-order valence-electron chi connectivity index (χ2n) is 6.11. The topological polar surface area (TPSA) is 76.8 Å². The number of rotatable bonds is 3. The predicted octanol–water partition coefficient (Wildman–Crippen LogP) is 0.869. The second-order valence-corrected chi connectivity index (χ2v) is 6.11. The highest BCUT2D eigenvalue weighted by atomic mass is 16.5. The Balaban J connectivity index is 1.67. The fourth-order valence-corrected chi connectivity index (χ4v) is 3.33. The van der Waals surface area contributed by atoms with Gasteiger partial charge in [-0.05, 0) is 38.1 Å². The molecule has 3 N–H and O–H groups in total. The third kappa shape index (κ3) is 2.89. The van der Waals surface area contributed by atoms with Crippen molar-refractivity contribution in [2.75, 3.05) is 33.1 Å². The number of morpholine rings is 1. The number of hydrogen-bond donors (Lipinski definition) is 2. The number of nitrogen functional groups attached to an aromatic ring is 1. The van der Waals surface area contributed by atoms with E-state index in [0.29, 0.717) is 29.1 Å². The lowest BCUT2D eigenvalue weighted by molar-refractivity contribution is -0.0670. The van der Waals surface area contributed by atoms with Crippen molar-refractivity contribution in [2.45, 2.75) is 31.0 Å². The van der Waals surface area contributed by atoms with E-state index in [-0.39, 0.29) is 11.9 Å². The summed E-state index contributed by atoms with van der Waals surface area (Å²) in [6.45, 7) is 1.49. The van der Waals surface area contributed by atoms with Gasteiger partial charge in [-0.3, -0.25) is 9.69 Å². The van der Waals surface area contributed by atoms with Crippen LogP contribution in [-0.2, 0) is 4.74 Å². The van der Waals surface area contributed by atoms with E-state index in [9.17, 15) is 4.79 Å². The number of anilines is 1. The summed E-state index contributed by atoms with van der Waals surface area (Å²) in [5.41, 5.74) is 6.89. The van der Waals surface area contributed by atoms with E-state index < -0.39 is 0 Å². The molecule has 1 unspecified atom stereocenters. The summed E-state index contributed by atoms with van der Waals surface area (Å²) in [7, 11) is 3.69. The van der Waals surface area contributed by atoms with Crippen LogP contribution in [0.1, 0.15) is 23.2 Å². The quantitative estimate of drug-likeness (QED) is 0.810. The fourth-order valence-electron chi connectivity index (χ4n) is 3.33. The van der Waals surface area contributed by atoms with Gasteiger partial charge in [0.1, 0.15) is 5.75 Å². The molecule has 6 nitrogen and oxygen atoms in total. The summed E-state index contributed by atoms with van der Waals surface area (Å²) < 4.78 is 10.8. The van der Waals surface area contributed by atoms with Crippen molar-refractivity contribution in [1.82, 2.24) is 10.2 Å². The van der Waals surface area contributed by atoms with Gasteiger partial charge in [-0.25, -0.2) is 0 Å². The third-order valence-electron chi connectivity index (χ3n) is 4.72. The molecule has 3 atom stereocenters. The number of hydrogen-bond acceptors (Lipinski definition) is 5. The predicted molar refractivity (Wildman–Crippen MR) is 84.1 cm³/mol. The molecule has 0 radical (unpaired) electrons. The maximum Gasteiger partial charge on any atom is 0.251 e. The van der Waals surface area contributed by atoms with Crippen LogP contribution in [0.25, 0.3) is 0 Å². The molecule has 120 valence electrons. The first-order chi connectivity index (χ1) is 10.6. The molecule has 2 saturated heterocycles. The average molecular weight is 305 g/mol. The molecule has 1 aromatic rings. The first kappa shape index (κ1) is 15.1. The lowest BCUT2D eigenvalue weighted by Gasteiger charge is -2.46. The molecule has 2 bridgehead atoms. The number of benzene rings is 1. The highest BCUT2D eigenvalue weighted by molar-refractivity contribution is 5.95. The van der Waals surface area contributed by atoms with E-state index in [1.807, 2.05) is 0 Å². The lowest BCUT2D eigenvalue weighted by atomic mass is 9.90. The molecule has 1 amide bonds. The van der Waals surface area contributed by atoms with Gasteiger partial charge in [0.2, 0.25) is 0 Å². The number of ether oxygens (including phenoxy) is 2. The zero-order chi connectivity index (χ0) is 15.7. The number of nitrogens with one attached hydrogen (secondary N) is 1. The van der Waals surface area contributed by atoms with Crippen molar-refractivity contribution in [3.63, 3.8) is 0 Å². The van der Waals surface area contributed by atoms with Crippen LogP contribution in [0.3, 0.4) is 0 Å². The van der Waals surface area contributed by atoms with Crippen LogP contribution in [0.4, 0.5) is 5.69 Å². The Bertz CT molecular complexity index is 550. The first-order valence-electron chi connectivity index (χ1n) is 7.62. The SMILES string of the molecule is COc1cc(C(=O)NC2C[C@H]3COC[C@@H](C2)N3C)ccc1N. The molecule has 2 aliphatic heterocycles. The summed E-state index contributed by atoms with van der Waals surface area (Å²) in [6, 6.07) is 6.07. The molecule has 22 heavy (non-hydrogen) atoms. The Labute approximate surface area is 130 Å². The van der Waals surface area contributed by atoms with Gasteiger partial charge in [-0.2, -0.15) is 0 Å².